The van der Waals surface area contributed by atoms with E-state index in [1.54, 1.807) is 17.3 Å². The van der Waals surface area contributed by atoms with Gasteiger partial charge in [0.2, 0.25) is 5.95 Å². The van der Waals surface area contributed by atoms with Crippen molar-refractivity contribution in [2.75, 3.05) is 31.1 Å². The third-order valence-corrected chi connectivity index (χ3v) is 3.88. The molecule has 1 aliphatic rings. The summed E-state index contributed by atoms with van der Waals surface area (Å²) < 4.78 is 6.14. The molecular weight excluding hydrogens is 336 g/mol. The van der Waals surface area contributed by atoms with Gasteiger partial charge >= 0.3 is 6.09 Å². The van der Waals surface area contributed by atoms with Crippen molar-refractivity contribution in [2.45, 2.75) is 32.7 Å². The van der Waals surface area contributed by atoms with Crippen LogP contribution >= 0.6 is 15.9 Å². The number of aromatic nitrogens is 2. The normalized spacial score (nSPS) is 18.7. The average Bonchev–Trinajstić information content (AvgIpc) is 2.48. The van der Waals surface area contributed by atoms with E-state index in [-0.39, 0.29) is 12.1 Å². The molecule has 1 saturated heterocycles. The van der Waals surface area contributed by atoms with E-state index in [1.165, 1.54) is 0 Å². The van der Waals surface area contributed by atoms with Crippen LogP contribution in [0.25, 0.3) is 0 Å². The number of carbonyl (C=O) groups is 1. The van der Waals surface area contributed by atoms with E-state index < -0.39 is 0 Å². The summed E-state index contributed by atoms with van der Waals surface area (Å²) in [5, 5.41) is 0. The molecule has 2 heterocycles. The van der Waals surface area contributed by atoms with Crippen LogP contribution in [0.2, 0.25) is 0 Å². The molecule has 1 aromatic rings. The molecule has 1 atom stereocenters. The molecular formula is C14H21BrN4O2. The van der Waals surface area contributed by atoms with Crippen LogP contribution in [0.3, 0.4) is 0 Å². The number of hydrogen-bond acceptors (Lipinski definition) is 5. The Hall–Kier alpha value is -1.37. The minimum Gasteiger partial charge on any atom is -0.449 e. The first-order valence-electron chi connectivity index (χ1n) is 7.27. The van der Waals surface area contributed by atoms with Crippen molar-refractivity contribution in [3.63, 3.8) is 0 Å². The molecule has 7 heteroatoms. The van der Waals surface area contributed by atoms with Crippen LogP contribution in [-0.4, -0.2) is 53.2 Å². The van der Waals surface area contributed by atoms with Gasteiger partial charge in [-0.3, -0.25) is 0 Å². The molecule has 0 saturated carbocycles. The Morgan fingerprint density at radius 3 is 2.76 bits per heavy atom. The highest BCUT2D eigenvalue weighted by atomic mass is 79.9. The summed E-state index contributed by atoms with van der Waals surface area (Å²) in [6.45, 7) is 6.66. The molecule has 0 bridgehead atoms. The number of halogens is 1. The monoisotopic (exact) mass is 356 g/mol. The summed E-state index contributed by atoms with van der Waals surface area (Å²) in [4.78, 5) is 24.5. The van der Waals surface area contributed by atoms with Gasteiger partial charge in [0.05, 0.1) is 11.1 Å². The quantitative estimate of drug-likeness (QED) is 0.776. The highest BCUT2D eigenvalue weighted by Crippen LogP contribution is 2.17. The Morgan fingerprint density at radius 2 is 2.14 bits per heavy atom. The van der Waals surface area contributed by atoms with E-state index in [9.17, 15) is 4.79 Å². The Bertz CT molecular complexity index is 469. The fraction of sp³-hybridized carbons (Fsp3) is 0.643. The van der Waals surface area contributed by atoms with E-state index in [0.717, 1.165) is 23.9 Å². The Balaban J connectivity index is 1.89. The molecule has 0 N–H and O–H groups in total. The van der Waals surface area contributed by atoms with Gasteiger partial charge in [-0.25, -0.2) is 14.8 Å². The molecule has 1 aromatic heterocycles. The van der Waals surface area contributed by atoms with Gasteiger partial charge in [0, 0.05) is 38.1 Å². The topological polar surface area (TPSA) is 58.6 Å². The first-order valence-corrected chi connectivity index (χ1v) is 8.07. The third kappa shape index (κ3) is 4.30. The number of piperazine rings is 1. The van der Waals surface area contributed by atoms with Crippen LogP contribution in [0.5, 0.6) is 0 Å². The lowest BCUT2D eigenvalue weighted by Gasteiger charge is -2.39. The molecule has 0 spiro atoms. The van der Waals surface area contributed by atoms with Crippen molar-refractivity contribution in [1.82, 2.24) is 14.9 Å². The highest BCUT2D eigenvalue weighted by Gasteiger charge is 2.29. The molecule has 0 radical (unpaired) electrons. The van der Waals surface area contributed by atoms with Crippen molar-refractivity contribution < 1.29 is 9.53 Å². The average molecular weight is 357 g/mol. The number of amides is 1. The van der Waals surface area contributed by atoms with Gasteiger partial charge in [-0.1, -0.05) is 13.3 Å². The fourth-order valence-corrected chi connectivity index (χ4v) is 2.47. The van der Waals surface area contributed by atoms with Crippen molar-refractivity contribution >= 4 is 28.0 Å². The summed E-state index contributed by atoms with van der Waals surface area (Å²) in [6.07, 6.45) is 5.19. The molecule has 2 rings (SSSR count). The number of rotatable bonds is 4. The highest BCUT2D eigenvalue weighted by molar-refractivity contribution is 9.10. The van der Waals surface area contributed by atoms with E-state index in [0.29, 0.717) is 25.6 Å². The molecule has 1 fully saturated rings. The van der Waals surface area contributed by atoms with Crippen LogP contribution in [0.4, 0.5) is 10.7 Å². The van der Waals surface area contributed by atoms with Crippen molar-refractivity contribution in [2.24, 2.45) is 0 Å². The zero-order chi connectivity index (χ0) is 15.2. The largest absolute Gasteiger partial charge is 0.449 e. The smallest absolute Gasteiger partial charge is 0.410 e. The van der Waals surface area contributed by atoms with Gasteiger partial charge in [0.15, 0.2) is 0 Å². The first-order chi connectivity index (χ1) is 10.1. The summed E-state index contributed by atoms with van der Waals surface area (Å²) in [5.74, 6) is 0.698. The first kappa shape index (κ1) is 16.0. The maximum atomic E-state index is 12.0. The summed E-state index contributed by atoms with van der Waals surface area (Å²) in [7, 11) is 0. The number of ether oxygens (including phenoxy) is 1. The molecule has 1 amide bonds. The van der Waals surface area contributed by atoms with Crippen molar-refractivity contribution in [1.29, 1.82) is 0 Å². The Morgan fingerprint density at radius 1 is 1.43 bits per heavy atom. The van der Waals surface area contributed by atoms with Gasteiger partial charge in [-0.05, 0) is 29.3 Å². The standard InChI is InChI=1S/C14H21BrN4O2/c1-3-4-7-21-14(20)19-6-5-18(10-11(19)2)13-16-8-12(15)9-17-13/h8-9,11H,3-7,10H2,1-2H3. The lowest BCUT2D eigenvalue weighted by Crippen LogP contribution is -2.54. The Kier molecular flexibility index (Phi) is 5.78. The number of hydrogen-bond donors (Lipinski definition) is 0. The Labute approximate surface area is 133 Å². The summed E-state index contributed by atoms with van der Waals surface area (Å²) in [5.41, 5.74) is 0. The predicted octanol–water partition coefficient (Wildman–Crippen LogP) is 2.69. The molecule has 21 heavy (non-hydrogen) atoms. The van der Waals surface area contributed by atoms with E-state index in [1.807, 2.05) is 6.92 Å². The molecule has 0 aromatic carbocycles. The predicted molar refractivity (Wildman–Crippen MR) is 84.4 cm³/mol. The van der Waals surface area contributed by atoms with Crippen LogP contribution in [0.1, 0.15) is 26.7 Å². The second kappa shape index (κ2) is 7.59. The van der Waals surface area contributed by atoms with Gasteiger partial charge < -0.3 is 14.5 Å². The van der Waals surface area contributed by atoms with Gasteiger partial charge in [0.1, 0.15) is 0 Å². The van der Waals surface area contributed by atoms with Crippen LogP contribution in [0.15, 0.2) is 16.9 Å². The lowest BCUT2D eigenvalue weighted by molar-refractivity contribution is 0.0838. The van der Waals surface area contributed by atoms with Crippen molar-refractivity contribution in [3.8, 4) is 0 Å². The molecule has 1 aliphatic heterocycles. The number of anilines is 1. The number of unbranched alkanes of at least 4 members (excludes halogenated alkanes) is 1. The van der Waals surface area contributed by atoms with E-state index in [4.69, 9.17) is 4.74 Å². The number of nitrogens with zero attached hydrogens (tertiary/aromatic N) is 4. The van der Waals surface area contributed by atoms with Crippen LogP contribution < -0.4 is 4.90 Å². The van der Waals surface area contributed by atoms with Crippen molar-refractivity contribution in [3.05, 3.63) is 16.9 Å². The fourth-order valence-electron chi connectivity index (χ4n) is 2.27. The minimum absolute atomic E-state index is 0.0834. The van der Waals surface area contributed by atoms with E-state index >= 15 is 0 Å². The number of carbonyl (C=O) groups excluding carboxylic acids is 1. The molecule has 116 valence electrons. The molecule has 6 nitrogen and oxygen atoms in total. The van der Waals surface area contributed by atoms with Gasteiger partial charge in [0.25, 0.3) is 0 Å². The summed E-state index contributed by atoms with van der Waals surface area (Å²) >= 11 is 3.33. The zero-order valence-electron chi connectivity index (χ0n) is 12.5. The molecule has 1 unspecified atom stereocenters. The maximum absolute atomic E-state index is 12.0. The van der Waals surface area contributed by atoms with Gasteiger partial charge in [-0.15, -0.1) is 0 Å². The minimum atomic E-state index is -0.215. The lowest BCUT2D eigenvalue weighted by atomic mass is 10.2. The zero-order valence-corrected chi connectivity index (χ0v) is 14.0. The second-order valence-corrected chi connectivity index (χ2v) is 6.07. The summed E-state index contributed by atoms with van der Waals surface area (Å²) in [6, 6.07) is 0.0834. The molecule has 0 aliphatic carbocycles. The third-order valence-electron chi connectivity index (χ3n) is 3.47. The van der Waals surface area contributed by atoms with Gasteiger partial charge in [-0.2, -0.15) is 0 Å². The van der Waals surface area contributed by atoms with E-state index in [2.05, 4.69) is 37.7 Å². The van der Waals surface area contributed by atoms with Crippen LogP contribution in [-0.2, 0) is 4.74 Å². The SMILES string of the molecule is CCCCOC(=O)N1CCN(c2ncc(Br)cn2)CC1C. The maximum Gasteiger partial charge on any atom is 0.410 e. The second-order valence-electron chi connectivity index (χ2n) is 5.16. The van der Waals surface area contributed by atoms with Crippen LogP contribution in [0, 0.1) is 0 Å².